The fourth-order valence-corrected chi connectivity index (χ4v) is 2.90. The third-order valence-corrected chi connectivity index (χ3v) is 4.26. The maximum atomic E-state index is 13.7. The third kappa shape index (κ3) is 5.32. The molecule has 1 aliphatic heterocycles. The van der Waals surface area contributed by atoms with E-state index >= 15 is 0 Å². The lowest BCUT2D eigenvalue weighted by Gasteiger charge is -2.16. The molecule has 0 unspecified atom stereocenters. The lowest BCUT2D eigenvalue weighted by molar-refractivity contribution is -0.672. The molecule has 1 aliphatic rings. The van der Waals surface area contributed by atoms with Crippen molar-refractivity contribution in [1.29, 1.82) is 0 Å². The van der Waals surface area contributed by atoms with Crippen LogP contribution in [0.1, 0.15) is 12.8 Å². The molecule has 0 aliphatic carbocycles. The van der Waals surface area contributed by atoms with Crippen molar-refractivity contribution in [3.63, 3.8) is 0 Å². The summed E-state index contributed by atoms with van der Waals surface area (Å²) in [5, 5.41) is 30.3. The van der Waals surface area contributed by atoms with Gasteiger partial charge >= 0.3 is 23.6 Å². The van der Waals surface area contributed by atoms with E-state index in [4.69, 9.17) is 9.47 Å². The van der Waals surface area contributed by atoms with Crippen LogP contribution in [0.25, 0.3) is 11.0 Å². The molecule has 31 heavy (non-hydrogen) atoms. The van der Waals surface area contributed by atoms with E-state index in [1.165, 1.54) is 7.11 Å². The number of rotatable bonds is 7. The fourth-order valence-electron chi connectivity index (χ4n) is 2.90. The molecule has 0 radical (unpaired) electrons. The third-order valence-electron chi connectivity index (χ3n) is 4.26. The van der Waals surface area contributed by atoms with Crippen molar-refractivity contribution in [2.45, 2.75) is 19.0 Å². The fraction of sp³-hybridized carbons (Fsp3) is 0.412. The molecule has 2 heterocycles. The average Bonchev–Trinajstić information content (AvgIpc) is 3.10. The number of esters is 1. The monoisotopic (exact) mass is 447 g/mol. The summed E-state index contributed by atoms with van der Waals surface area (Å²) in [7, 11) is 1.19. The number of ether oxygens (including phenoxy) is 2. The van der Waals surface area contributed by atoms with Gasteiger partial charge in [0.15, 0.2) is 17.1 Å². The van der Waals surface area contributed by atoms with Crippen molar-refractivity contribution < 1.29 is 41.4 Å². The molecule has 0 fully saturated rings. The standard InChI is InChI=1S/C17H17F4N5O5/c1-30-14-7-12-13(6-11(14)18)26(29)23-16(25(12)28)22-4-2-15(27)31-10-3-5-24(8-10)9-17(19,20)21/h6-8H,2-5,9H2,1H3,(H,22,23). The Labute approximate surface area is 172 Å². The summed E-state index contributed by atoms with van der Waals surface area (Å²) in [6.45, 7) is -1.22. The molecule has 168 valence electrons. The van der Waals surface area contributed by atoms with Crippen LogP contribution in [0.5, 0.6) is 5.75 Å². The number of hydrogen-bond acceptors (Lipinski definition) is 8. The molecule has 1 aromatic heterocycles. The highest BCUT2D eigenvalue weighted by molar-refractivity contribution is 5.71. The summed E-state index contributed by atoms with van der Waals surface area (Å²) in [5.41, 5.74) is -0.538. The molecule has 0 bridgehead atoms. The molecule has 0 amide bonds. The van der Waals surface area contributed by atoms with E-state index in [0.717, 1.165) is 23.2 Å². The van der Waals surface area contributed by atoms with E-state index < -0.39 is 30.5 Å². The van der Waals surface area contributed by atoms with Crippen LogP contribution in [0.4, 0.5) is 23.5 Å². The Bertz CT molecular complexity index is 1030. The van der Waals surface area contributed by atoms with Crippen molar-refractivity contribution >= 4 is 23.0 Å². The quantitative estimate of drug-likeness (QED) is 0.290. The van der Waals surface area contributed by atoms with Crippen LogP contribution in [-0.2, 0) is 9.53 Å². The molecule has 0 saturated heterocycles. The summed E-state index contributed by atoms with van der Waals surface area (Å²) in [5.74, 6) is -2.18. The van der Waals surface area contributed by atoms with Crippen molar-refractivity contribution in [1.82, 2.24) is 10.00 Å². The van der Waals surface area contributed by atoms with Gasteiger partial charge in [0.05, 0.1) is 26.1 Å². The largest absolute Gasteiger partial charge is 0.739 e. The van der Waals surface area contributed by atoms with E-state index in [0.29, 0.717) is 0 Å². The Hall–Kier alpha value is -3.58. The number of benzene rings is 1. The van der Waals surface area contributed by atoms with Gasteiger partial charge in [-0.25, -0.2) is 9.12 Å². The number of hydrogen-bond donors (Lipinski definition) is 1. The molecule has 0 atom stereocenters. The van der Waals surface area contributed by atoms with Gasteiger partial charge < -0.3 is 24.8 Å². The Balaban J connectivity index is 1.60. The minimum atomic E-state index is -4.37. The first kappa shape index (κ1) is 22.1. The van der Waals surface area contributed by atoms with Gasteiger partial charge in [-0.05, 0) is 0 Å². The summed E-state index contributed by atoms with van der Waals surface area (Å²) in [4.78, 5) is 12.9. The molecule has 2 aromatic rings. The van der Waals surface area contributed by atoms with Gasteiger partial charge in [0, 0.05) is 30.1 Å². The zero-order chi connectivity index (χ0) is 22.8. The number of alkyl halides is 3. The molecule has 1 N–H and O–H groups in total. The van der Waals surface area contributed by atoms with E-state index in [-0.39, 0.29) is 58.0 Å². The second kappa shape index (κ2) is 8.65. The van der Waals surface area contributed by atoms with Gasteiger partial charge in [-0.2, -0.15) is 13.2 Å². The smallest absolute Gasteiger partial charge is 0.460 e. The number of carbonyl (C=O) groups excluding carboxylic acids is 1. The number of carbonyl (C=O) groups is 1. The zero-order valence-electron chi connectivity index (χ0n) is 16.1. The van der Waals surface area contributed by atoms with Crippen LogP contribution < -0.4 is 19.6 Å². The lowest BCUT2D eigenvalue weighted by Crippen LogP contribution is -2.44. The maximum absolute atomic E-state index is 13.7. The number of anilines is 1. The number of nitrogens with one attached hydrogen (secondary N) is 1. The molecule has 1 aromatic carbocycles. The van der Waals surface area contributed by atoms with E-state index in [1.807, 2.05) is 0 Å². The van der Waals surface area contributed by atoms with Crippen molar-refractivity contribution in [2.75, 3.05) is 32.1 Å². The number of methoxy groups -OCH3 is 1. The second-order valence-electron chi connectivity index (χ2n) is 6.55. The topological polar surface area (TPSA) is 118 Å². The predicted octanol–water partition coefficient (Wildman–Crippen LogP) is 1.10. The molecular formula is C17H17F4N5O5. The van der Waals surface area contributed by atoms with Crippen LogP contribution >= 0.6 is 0 Å². The number of aromatic nitrogens is 3. The number of nitrogens with zero attached hydrogens (tertiary/aromatic N) is 4. The summed E-state index contributed by atoms with van der Waals surface area (Å²) >= 11 is 0. The Morgan fingerprint density at radius 3 is 2.74 bits per heavy atom. The van der Waals surface area contributed by atoms with Crippen LogP contribution in [-0.4, -0.2) is 48.9 Å². The molecular weight excluding hydrogens is 430 g/mol. The van der Waals surface area contributed by atoms with Gasteiger partial charge in [-0.3, -0.25) is 10.1 Å². The predicted molar refractivity (Wildman–Crippen MR) is 95.7 cm³/mol. The molecule has 14 heteroatoms. The van der Waals surface area contributed by atoms with E-state index in [9.17, 15) is 32.8 Å². The van der Waals surface area contributed by atoms with Gasteiger partial charge in [0.1, 0.15) is 12.3 Å². The normalized spacial score (nSPS) is 14.0. The molecule has 0 saturated carbocycles. The van der Waals surface area contributed by atoms with Crippen LogP contribution in [0, 0.1) is 16.2 Å². The molecule has 0 spiro atoms. The van der Waals surface area contributed by atoms with E-state index in [2.05, 4.69) is 10.4 Å². The SMILES string of the molecule is COc1cc2c(cc1F)[n+]([O-])nc(NCCC(=O)OC1=CN(CC(F)(F)F)CC1)[n+]2[O-]. The summed E-state index contributed by atoms with van der Waals surface area (Å²) in [6.07, 6.45) is -3.35. The van der Waals surface area contributed by atoms with Crippen LogP contribution in [0.3, 0.4) is 0 Å². The van der Waals surface area contributed by atoms with Crippen molar-refractivity contribution in [2.24, 2.45) is 0 Å². The van der Waals surface area contributed by atoms with Gasteiger partial charge in [0.25, 0.3) is 0 Å². The van der Waals surface area contributed by atoms with Crippen molar-refractivity contribution in [3.8, 4) is 5.75 Å². The zero-order valence-corrected chi connectivity index (χ0v) is 16.1. The highest BCUT2D eigenvalue weighted by Gasteiger charge is 2.32. The van der Waals surface area contributed by atoms with E-state index in [1.54, 1.807) is 0 Å². The van der Waals surface area contributed by atoms with Gasteiger partial charge in [0.2, 0.25) is 5.10 Å². The Morgan fingerprint density at radius 1 is 1.32 bits per heavy atom. The Kier molecular flexibility index (Phi) is 6.17. The second-order valence-corrected chi connectivity index (χ2v) is 6.55. The van der Waals surface area contributed by atoms with Gasteiger partial charge in [-0.1, -0.05) is 0 Å². The summed E-state index contributed by atoms with van der Waals surface area (Å²) in [6, 6.07) is 1.84. The lowest BCUT2D eigenvalue weighted by atomic mass is 10.3. The highest BCUT2D eigenvalue weighted by Crippen LogP contribution is 2.23. The first-order valence-corrected chi connectivity index (χ1v) is 8.94. The highest BCUT2D eigenvalue weighted by atomic mass is 19.4. The summed E-state index contributed by atoms with van der Waals surface area (Å²) < 4.78 is 60.9. The maximum Gasteiger partial charge on any atom is 0.460 e. The number of fused-ring (bicyclic) bond motifs is 1. The molecule has 3 rings (SSSR count). The van der Waals surface area contributed by atoms with Crippen LogP contribution in [0.15, 0.2) is 24.1 Å². The van der Waals surface area contributed by atoms with Crippen LogP contribution in [0.2, 0.25) is 0 Å². The number of halogens is 4. The molecule has 10 nitrogen and oxygen atoms in total. The van der Waals surface area contributed by atoms with Gasteiger partial charge in [-0.15, -0.1) is 0 Å². The first-order chi connectivity index (χ1) is 14.6. The Morgan fingerprint density at radius 2 is 2.06 bits per heavy atom. The first-order valence-electron chi connectivity index (χ1n) is 8.94. The van der Waals surface area contributed by atoms with Crippen molar-refractivity contribution in [3.05, 3.63) is 40.3 Å². The average molecular weight is 447 g/mol. The minimum absolute atomic E-state index is 0.0471. The minimum Gasteiger partial charge on any atom is -0.739 e.